The van der Waals surface area contributed by atoms with E-state index in [0.717, 1.165) is 19.3 Å². The smallest absolute Gasteiger partial charge is 0.192 e. The minimum absolute atomic E-state index is 0.0565. The molecule has 0 radical (unpaired) electrons. The van der Waals surface area contributed by atoms with Crippen molar-refractivity contribution >= 4 is 25.0 Å². The van der Waals surface area contributed by atoms with Gasteiger partial charge in [0.2, 0.25) is 0 Å². The number of hydrogen-bond acceptors (Lipinski definition) is 5. The molecule has 0 N–H and O–H groups in total. The molecule has 1 rings (SSSR count). The molecule has 0 aliphatic carbocycles. The summed E-state index contributed by atoms with van der Waals surface area (Å²) in [5.74, 6) is -0.638. The second-order valence-corrected chi connectivity index (χ2v) is 30.9. The molecule has 0 unspecified atom stereocenters. The van der Waals surface area contributed by atoms with E-state index >= 15 is 0 Å². The zero-order valence-electron chi connectivity index (χ0n) is 28.7. The normalized spacial score (nSPS) is 22.4. The van der Waals surface area contributed by atoms with Crippen molar-refractivity contribution in [3.63, 3.8) is 0 Å². The van der Waals surface area contributed by atoms with Gasteiger partial charge in [-0.3, -0.25) is 0 Å². The van der Waals surface area contributed by atoms with Crippen molar-refractivity contribution in [1.29, 1.82) is 0 Å². The highest BCUT2D eigenvalue weighted by atomic mass is 28.4. The zero-order chi connectivity index (χ0) is 30.2. The van der Waals surface area contributed by atoms with Crippen LogP contribution in [0.25, 0.3) is 0 Å². The minimum atomic E-state index is -2.19. The standard InChI is InChI=1S/C30H66O5Si3/c1-19-20-21-23(33-36(13,14)27(2,3)4)25(34-37(15,16)28(5,6)7)26(24-22-31-30(11,12)32-24)35-38(17,18)29(8,9)10/h23-26H,19-22H2,1-18H3/t23-,24-,25+,26+/m0/s1. The van der Waals surface area contributed by atoms with E-state index in [4.69, 9.17) is 22.8 Å². The Bertz CT molecular complexity index is 744. The van der Waals surface area contributed by atoms with Crippen molar-refractivity contribution in [3.8, 4) is 0 Å². The molecule has 1 fully saturated rings. The van der Waals surface area contributed by atoms with Crippen molar-refractivity contribution in [3.05, 3.63) is 0 Å². The Labute approximate surface area is 240 Å². The molecule has 38 heavy (non-hydrogen) atoms. The van der Waals surface area contributed by atoms with E-state index in [1.165, 1.54) is 0 Å². The topological polar surface area (TPSA) is 46.2 Å². The molecule has 0 aromatic rings. The lowest BCUT2D eigenvalue weighted by Crippen LogP contribution is -2.61. The summed E-state index contributed by atoms with van der Waals surface area (Å²) in [6, 6.07) is 0. The molecule has 0 amide bonds. The second-order valence-electron chi connectivity index (χ2n) is 16.6. The summed E-state index contributed by atoms with van der Waals surface area (Å²) >= 11 is 0. The molecule has 0 spiro atoms. The van der Waals surface area contributed by atoms with Gasteiger partial charge in [-0.2, -0.15) is 0 Å². The Morgan fingerprint density at radius 1 is 0.737 bits per heavy atom. The maximum atomic E-state index is 7.42. The Kier molecular flexibility index (Phi) is 11.9. The summed E-state index contributed by atoms with van der Waals surface area (Å²) in [6.45, 7) is 41.7. The minimum Gasteiger partial charge on any atom is -0.411 e. The SMILES string of the molecule is CCCC[C@H](O[Si](C)(C)C(C)(C)C)[C@@H](O[Si](C)(C)C(C)(C)C)[C@H](O[Si](C)(C)C(C)(C)C)[C@@H]1COC(C)(C)O1. The van der Waals surface area contributed by atoms with Gasteiger partial charge in [-0.05, 0) is 74.7 Å². The fourth-order valence-electron chi connectivity index (χ4n) is 3.87. The number of rotatable bonds is 12. The van der Waals surface area contributed by atoms with Crippen LogP contribution in [0.1, 0.15) is 102 Å². The van der Waals surface area contributed by atoms with E-state index in [2.05, 4.69) is 109 Å². The number of ether oxygens (including phenoxy) is 2. The van der Waals surface area contributed by atoms with Crippen molar-refractivity contribution < 1.29 is 22.8 Å². The first kappa shape index (κ1) is 36.5. The van der Waals surface area contributed by atoms with E-state index in [1.807, 2.05) is 13.8 Å². The van der Waals surface area contributed by atoms with Crippen LogP contribution in [0.3, 0.4) is 0 Å². The number of unbranched alkanes of at least 4 members (excludes halogenated alkanes) is 1. The first-order chi connectivity index (χ1) is 16.7. The summed E-state index contributed by atoms with van der Waals surface area (Å²) in [6.07, 6.45) is 2.40. The average molecular weight is 591 g/mol. The van der Waals surface area contributed by atoms with Crippen molar-refractivity contribution in [2.75, 3.05) is 6.61 Å². The monoisotopic (exact) mass is 590 g/mol. The molecule has 0 aromatic heterocycles. The third-order valence-corrected chi connectivity index (χ3v) is 23.1. The first-order valence-corrected chi connectivity index (χ1v) is 23.8. The average Bonchev–Trinajstić information content (AvgIpc) is 3.04. The highest BCUT2D eigenvalue weighted by Gasteiger charge is 2.53. The predicted molar refractivity (Wildman–Crippen MR) is 171 cm³/mol. The Morgan fingerprint density at radius 2 is 1.16 bits per heavy atom. The lowest BCUT2D eigenvalue weighted by Gasteiger charge is -2.50. The summed E-state index contributed by atoms with van der Waals surface area (Å²) in [5.41, 5.74) is 0. The summed E-state index contributed by atoms with van der Waals surface area (Å²) in [5, 5.41) is 0.218. The van der Waals surface area contributed by atoms with Crippen LogP contribution in [-0.4, -0.2) is 61.8 Å². The third-order valence-electron chi connectivity index (χ3n) is 9.66. The van der Waals surface area contributed by atoms with Gasteiger partial charge in [-0.1, -0.05) is 82.1 Å². The van der Waals surface area contributed by atoms with Gasteiger partial charge in [0.25, 0.3) is 0 Å². The van der Waals surface area contributed by atoms with E-state index in [1.54, 1.807) is 0 Å². The Morgan fingerprint density at radius 3 is 1.53 bits per heavy atom. The van der Waals surface area contributed by atoms with Crippen LogP contribution in [0.5, 0.6) is 0 Å². The molecule has 1 aliphatic heterocycles. The van der Waals surface area contributed by atoms with Crippen molar-refractivity contribution in [2.45, 2.75) is 187 Å². The van der Waals surface area contributed by atoms with Crippen LogP contribution in [0.2, 0.25) is 54.4 Å². The molecule has 0 saturated carbocycles. The predicted octanol–water partition coefficient (Wildman–Crippen LogP) is 9.50. The highest BCUT2D eigenvalue weighted by Crippen LogP contribution is 2.45. The van der Waals surface area contributed by atoms with Crippen molar-refractivity contribution in [2.24, 2.45) is 0 Å². The molecule has 0 aromatic carbocycles. The third kappa shape index (κ3) is 9.50. The molecule has 0 bridgehead atoms. The highest BCUT2D eigenvalue weighted by molar-refractivity contribution is 6.75. The lowest BCUT2D eigenvalue weighted by atomic mass is 9.99. The summed E-state index contributed by atoms with van der Waals surface area (Å²) < 4.78 is 34.7. The van der Waals surface area contributed by atoms with E-state index in [9.17, 15) is 0 Å². The van der Waals surface area contributed by atoms with Gasteiger partial charge in [0.05, 0.1) is 18.8 Å². The van der Waals surface area contributed by atoms with Crippen LogP contribution in [0.15, 0.2) is 0 Å². The molecule has 5 nitrogen and oxygen atoms in total. The molecule has 1 saturated heterocycles. The van der Waals surface area contributed by atoms with E-state index < -0.39 is 30.7 Å². The van der Waals surface area contributed by atoms with Crippen LogP contribution >= 0.6 is 0 Å². The van der Waals surface area contributed by atoms with Crippen LogP contribution in [0, 0.1) is 0 Å². The van der Waals surface area contributed by atoms with Crippen LogP contribution in [0.4, 0.5) is 0 Å². The van der Waals surface area contributed by atoms with E-state index in [-0.39, 0.29) is 39.5 Å². The summed E-state index contributed by atoms with van der Waals surface area (Å²) in [4.78, 5) is 0. The van der Waals surface area contributed by atoms with Gasteiger partial charge < -0.3 is 22.8 Å². The number of hydrogen-bond donors (Lipinski definition) is 0. The van der Waals surface area contributed by atoms with Gasteiger partial charge in [-0.15, -0.1) is 0 Å². The summed E-state index contributed by atoms with van der Waals surface area (Å²) in [7, 11) is -6.46. The molecule has 228 valence electrons. The van der Waals surface area contributed by atoms with E-state index in [0.29, 0.717) is 6.61 Å². The van der Waals surface area contributed by atoms with Crippen LogP contribution < -0.4 is 0 Å². The van der Waals surface area contributed by atoms with Crippen molar-refractivity contribution in [1.82, 2.24) is 0 Å². The molecule has 1 heterocycles. The fourth-order valence-corrected chi connectivity index (χ4v) is 7.87. The van der Waals surface area contributed by atoms with Gasteiger partial charge in [0.1, 0.15) is 12.2 Å². The molecular formula is C30H66O5Si3. The molecule has 8 heteroatoms. The second kappa shape index (κ2) is 12.4. The largest absolute Gasteiger partial charge is 0.411 e. The maximum Gasteiger partial charge on any atom is 0.192 e. The van der Waals surface area contributed by atoms with Crippen LogP contribution in [-0.2, 0) is 22.8 Å². The quantitative estimate of drug-likeness (QED) is 0.212. The first-order valence-electron chi connectivity index (χ1n) is 15.0. The maximum absolute atomic E-state index is 7.42. The Balaban J connectivity index is 3.78. The Hall–Kier alpha value is 0.451. The molecular weight excluding hydrogens is 525 g/mol. The van der Waals surface area contributed by atoms with Gasteiger partial charge in [0.15, 0.2) is 30.7 Å². The molecule has 1 aliphatic rings. The lowest BCUT2D eigenvalue weighted by molar-refractivity contribution is -0.163. The molecule has 4 atom stereocenters. The zero-order valence-corrected chi connectivity index (χ0v) is 31.7. The van der Waals surface area contributed by atoms with Gasteiger partial charge in [0, 0.05) is 0 Å². The van der Waals surface area contributed by atoms with Gasteiger partial charge in [-0.25, -0.2) is 0 Å². The fraction of sp³-hybridized carbons (Fsp3) is 1.00. The van der Waals surface area contributed by atoms with Gasteiger partial charge >= 0.3 is 0 Å².